The van der Waals surface area contributed by atoms with E-state index < -0.39 is 11.8 Å². The molecule has 0 unspecified atom stereocenters. The average Bonchev–Trinajstić information content (AvgIpc) is 3.08. The molecule has 2 N–H and O–H groups in total. The largest absolute Gasteiger partial charge is 0.273 e. The minimum Gasteiger partial charge on any atom is -0.267 e. The topological polar surface area (TPSA) is 76.0 Å². The molecule has 0 spiro atoms. The second-order valence-corrected chi connectivity index (χ2v) is 5.99. The molecular formula is C20H19FN4O2. The first-order valence-corrected chi connectivity index (χ1v) is 8.49. The van der Waals surface area contributed by atoms with E-state index in [1.807, 2.05) is 19.1 Å². The molecule has 6 nitrogen and oxygen atoms in total. The van der Waals surface area contributed by atoms with Gasteiger partial charge in [-0.2, -0.15) is 5.10 Å². The van der Waals surface area contributed by atoms with Crippen molar-refractivity contribution in [2.75, 3.05) is 0 Å². The van der Waals surface area contributed by atoms with E-state index in [2.05, 4.69) is 16.0 Å². The van der Waals surface area contributed by atoms with Crippen molar-refractivity contribution in [3.8, 4) is 5.69 Å². The predicted molar refractivity (Wildman–Crippen MR) is 99.0 cm³/mol. The number of amides is 2. The van der Waals surface area contributed by atoms with Crippen LogP contribution in [0.25, 0.3) is 5.69 Å². The van der Waals surface area contributed by atoms with Crippen molar-refractivity contribution in [2.24, 2.45) is 0 Å². The Morgan fingerprint density at radius 3 is 2.26 bits per heavy atom. The number of nitrogens with zero attached hydrogens (tertiary/aromatic N) is 2. The van der Waals surface area contributed by atoms with Crippen LogP contribution in [0.1, 0.15) is 38.9 Å². The van der Waals surface area contributed by atoms with Crippen molar-refractivity contribution in [1.29, 1.82) is 0 Å². The first-order valence-electron chi connectivity index (χ1n) is 8.49. The fraction of sp³-hybridized carbons (Fsp3) is 0.150. The number of hydrogen-bond acceptors (Lipinski definition) is 3. The number of carbonyl (C=O) groups is 2. The van der Waals surface area contributed by atoms with Gasteiger partial charge in [0.1, 0.15) is 5.82 Å². The Morgan fingerprint density at radius 1 is 1.00 bits per heavy atom. The quantitative estimate of drug-likeness (QED) is 0.697. The molecule has 0 aliphatic carbocycles. The molecule has 1 heterocycles. The van der Waals surface area contributed by atoms with Crippen molar-refractivity contribution < 1.29 is 14.0 Å². The van der Waals surface area contributed by atoms with Gasteiger partial charge in [0.25, 0.3) is 11.8 Å². The number of aromatic nitrogens is 2. The lowest BCUT2D eigenvalue weighted by atomic mass is 10.1. The van der Waals surface area contributed by atoms with Crippen LogP contribution in [0.4, 0.5) is 4.39 Å². The lowest BCUT2D eigenvalue weighted by Gasteiger charge is -2.08. The second-order valence-electron chi connectivity index (χ2n) is 5.99. The summed E-state index contributed by atoms with van der Waals surface area (Å²) in [5.74, 6) is -1.25. The zero-order chi connectivity index (χ0) is 19.4. The summed E-state index contributed by atoms with van der Waals surface area (Å²) >= 11 is 0. The number of hydrogen-bond donors (Lipinski definition) is 2. The van der Waals surface area contributed by atoms with Crippen LogP contribution >= 0.6 is 0 Å². The smallest absolute Gasteiger partial charge is 0.267 e. The van der Waals surface area contributed by atoms with E-state index >= 15 is 0 Å². The van der Waals surface area contributed by atoms with Crippen molar-refractivity contribution in [3.63, 3.8) is 0 Å². The van der Waals surface area contributed by atoms with Gasteiger partial charge in [-0.3, -0.25) is 20.4 Å². The van der Waals surface area contributed by atoms with Gasteiger partial charge < -0.3 is 0 Å². The standard InChI is InChI=1S/C20H19FN4O2/c1-3-14-4-6-15(7-5-14)19(26)23-24-20(27)18-12-22-25(13(18)2)17-10-8-16(21)9-11-17/h4-12H,3H2,1-2H3,(H,23,26)(H,24,27). The molecule has 0 aliphatic rings. The van der Waals surface area contributed by atoms with Crippen LogP contribution in [0.3, 0.4) is 0 Å². The number of benzene rings is 2. The van der Waals surface area contributed by atoms with Gasteiger partial charge in [-0.05, 0) is 55.3 Å². The van der Waals surface area contributed by atoms with Crippen molar-refractivity contribution in [2.45, 2.75) is 20.3 Å². The van der Waals surface area contributed by atoms with Gasteiger partial charge in [0.2, 0.25) is 0 Å². The average molecular weight is 366 g/mol. The highest BCUT2D eigenvalue weighted by atomic mass is 19.1. The minimum absolute atomic E-state index is 0.306. The van der Waals surface area contributed by atoms with Crippen LogP contribution in [0, 0.1) is 12.7 Å². The number of rotatable bonds is 4. The Kier molecular flexibility index (Phi) is 5.30. The van der Waals surface area contributed by atoms with Gasteiger partial charge in [0.15, 0.2) is 0 Å². The Hall–Kier alpha value is -3.48. The van der Waals surface area contributed by atoms with E-state index in [9.17, 15) is 14.0 Å². The monoisotopic (exact) mass is 366 g/mol. The third-order valence-corrected chi connectivity index (χ3v) is 4.24. The highest BCUT2D eigenvalue weighted by Crippen LogP contribution is 2.14. The number of carbonyl (C=O) groups excluding carboxylic acids is 2. The molecule has 2 amide bonds. The van der Waals surface area contributed by atoms with E-state index in [4.69, 9.17) is 0 Å². The van der Waals surface area contributed by atoms with Crippen molar-refractivity contribution >= 4 is 11.8 Å². The van der Waals surface area contributed by atoms with E-state index in [1.54, 1.807) is 31.2 Å². The molecule has 0 fully saturated rings. The summed E-state index contributed by atoms with van der Waals surface area (Å²) in [5, 5.41) is 4.16. The Morgan fingerprint density at radius 2 is 1.63 bits per heavy atom. The zero-order valence-electron chi connectivity index (χ0n) is 15.0. The molecule has 0 aliphatic heterocycles. The summed E-state index contributed by atoms with van der Waals surface area (Å²) in [4.78, 5) is 24.5. The Balaban J connectivity index is 1.67. The summed E-state index contributed by atoms with van der Waals surface area (Å²) in [5.41, 5.74) is 7.87. The summed E-state index contributed by atoms with van der Waals surface area (Å²) in [6, 6.07) is 12.9. The van der Waals surface area contributed by atoms with Gasteiger partial charge in [-0.15, -0.1) is 0 Å². The number of nitrogens with one attached hydrogen (secondary N) is 2. The van der Waals surface area contributed by atoms with Gasteiger partial charge in [-0.25, -0.2) is 9.07 Å². The van der Waals surface area contributed by atoms with E-state index in [0.29, 0.717) is 22.5 Å². The van der Waals surface area contributed by atoms with Crippen LogP contribution in [0.15, 0.2) is 54.7 Å². The summed E-state index contributed by atoms with van der Waals surface area (Å²) in [6.45, 7) is 3.75. The molecule has 0 saturated carbocycles. The van der Waals surface area contributed by atoms with E-state index in [-0.39, 0.29) is 5.82 Å². The third kappa shape index (κ3) is 4.03. The SMILES string of the molecule is CCc1ccc(C(=O)NNC(=O)c2cnn(-c3ccc(F)cc3)c2C)cc1. The van der Waals surface area contributed by atoms with Gasteiger partial charge >= 0.3 is 0 Å². The molecule has 7 heteroatoms. The zero-order valence-corrected chi connectivity index (χ0v) is 15.0. The van der Waals surface area contributed by atoms with Crippen LogP contribution in [-0.4, -0.2) is 21.6 Å². The summed E-state index contributed by atoms with van der Waals surface area (Å²) in [7, 11) is 0. The van der Waals surface area contributed by atoms with Gasteiger partial charge in [-0.1, -0.05) is 19.1 Å². The molecule has 27 heavy (non-hydrogen) atoms. The molecule has 0 atom stereocenters. The van der Waals surface area contributed by atoms with E-state index in [0.717, 1.165) is 12.0 Å². The first-order chi connectivity index (χ1) is 13.0. The van der Waals surface area contributed by atoms with Crippen LogP contribution in [-0.2, 0) is 6.42 Å². The molecule has 2 aromatic carbocycles. The maximum absolute atomic E-state index is 13.1. The second kappa shape index (κ2) is 7.82. The lowest BCUT2D eigenvalue weighted by Crippen LogP contribution is -2.41. The molecule has 1 aromatic heterocycles. The molecule has 3 rings (SSSR count). The number of halogens is 1. The maximum atomic E-state index is 13.1. The van der Waals surface area contributed by atoms with Crippen molar-refractivity contribution in [1.82, 2.24) is 20.6 Å². The van der Waals surface area contributed by atoms with Gasteiger partial charge in [0, 0.05) is 5.56 Å². The van der Waals surface area contributed by atoms with Crippen LogP contribution in [0.2, 0.25) is 0 Å². The fourth-order valence-electron chi connectivity index (χ4n) is 2.62. The molecule has 0 radical (unpaired) electrons. The molecule has 3 aromatic rings. The van der Waals surface area contributed by atoms with Gasteiger partial charge in [0.05, 0.1) is 23.1 Å². The number of hydrazine groups is 1. The highest BCUT2D eigenvalue weighted by Gasteiger charge is 2.16. The Labute approximate surface area is 156 Å². The minimum atomic E-state index is -0.487. The normalized spacial score (nSPS) is 10.5. The molecule has 0 bridgehead atoms. The lowest BCUT2D eigenvalue weighted by molar-refractivity contribution is 0.0846. The molecule has 0 saturated heterocycles. The molecular weight excluding hydrogens is 347 g/mol. The maximum Gasteiger partial charge on any atom is 0.273 e. The Bertz CT molecular complexity index is 963. The first kappa shape index (κ1) is 18.3. The molecule has 138 valence electrons. The van der Waals surface area contributed by atoms with Crippen LogP contribution < -0.4 is 10.9 Å². The predicted octanol–water partition coefficient (Wildman–Crippen LogP) is 2.96. The van der Waals surface area contributed by atoms with E-state index in [1.165, 1.54) is 23.0 Å². The van der Waals surface area contributed by atoms with Crippen LogP contribution in [0.5, 0.6) is 0 Å². The van der Waals surface area contributed by atoms with Crippen molar-refractivity contribution in [3.05, 3.63) is 82.9 Å². The summed E-state index contributed by atoms with van der Waals surface area (Å²) in [6.07, 6.45) is 2.28. The fourth-order valence-corrected chi connectivity index (χ4v) is 2.62. The summed E-state index contributed by atoms with van der Waals surface area (Å²) < 4.78 is 14.6. The number of aryl methyl sites for hydroxylation is 1. The third-order valence-electron chi connectivity index (χ3n) is 4.24. The highest BCUT2D eigenvalue weighted by molar-refractivity contribution is 5.99.